The van der Waals surface area contributed by atoms with Gasteiger partial charge in [0.2, 0.25) is 5.91 Å². The summed E-state index contributed by atoms with van der Waals surface area (Å²) in [4.78, 5) is 11.7. The van der Waals surface area contributed by atoms with E-state index in [2.05, 4.69) is 55.7 Å². The quantitative estimate of drug-likeness (QED) is 0.733. The van der Waals surface area contributed by atoms with Gasteiger partial charge < -0.3 is 10.6 Å². The highest BCUT2D eigenvalue weighted by Crippen LogP contribution is 2.08. The molecule has 3 nitrogen and oxygen atoms in total. The third-order valence-corrected chi connectivity index (χ3v) is 3.81. The summed E-state index contributed by atoms with van der Waals surface area (Å²) in [6.07, 6.45) is 3.70. The van der Waals surface area contributed by atoms with Gasteiger partial charge >= 0.3 is 0 Å². The fraction of sp³-hybridized carbons (Fsp3) is 0.611. The first-order chi connectivity index (χ1) is 10.0. The molecule has 0 aliphatic carbocycles. The van der Waals surface area contributed by atoms with Crippen LogP contribution in [0.1, 0.15) is 51.2 Å². The number of carbonyl (C=O) groups excluding carboxylic acids is 1. The largest absolute Gasteiger partial charge is 0.354 e. The summed E-state index contributed by atoms with van der Waals surface area (Å²) in [6, 6.07) is 9.37. The SMILES string of the molecule is CCC(C)NC(=O)CCNC(C)CCc1cccc(C)c1. The van der Waals surface area contributed by atoms with E-state index < -0.39 is 0 Å². The van der Waals surface area contributed by atoms with Crippen LogP contribution in [-0.4, -0.2) is 24.5 Å². The van der Waals surface area contributed by atoms with Crippen molar-refractivity contribution < 1.29 is 4.79 Å². The summed E-state index contributed by atoms with van der Waals surface area (Å²) in [7, 11) is 0. The number of amides is 1. The second-order valence-electron chi connectivity index (χ2n) is 6.01. The maximum absolute atomic E-state index is 11.7. The van der Waals surface area contributed by atoms with Gasteiger partial charge in [-0.3, -0.25) is 4.79 Å². The third-order valence-electron chi connectivity index (χ3n) is 3.81. The summed E-state index contributed by atoms with van der Waals surface area (Å²) < 4.78 is 0. The van der Waals surface area contributed by atoms with Crippen molar-refractivity contribution in [1.29, 1.82) is 0 Å². The Morgan fingerprint density at radius 1 is 1.24 bits per heavy atom. The van der Waals surface area contributed by atoms with E-state index in [9.17, 15) is 4.79 Å². The van der Waals surface area contributed by atoms with Gasteiger partial charge in [0.1, 0.15) is 0 Å². The fourth-order valence-corrected chi connectivity index (χ4v) is 2.23. The number of benzene rings is 1. The molecule has 0 saturated heterocycles. The van der Waals surface area contributed by atoms with Crippen LogP contribution in [0, 0.1) is 6.92 Å². The zero-order valence-corrected chi connectivity index (χ0v) is 13.9. The number of hydrogen-bond acceptors (Lipinski definition) is 2. The Balaban J connectivity index is 2.16. The standard InChI is InChI=1S/C18H30N2O/c1-5-15(3)20-18(21)11-12-19-16(4)9-10-17-8-6-7-14(2)13-17/h6-8,13,15-16,19H,5,9-12H2,1-4H3,(H,20,21). The molecule has 1 amide bonds. The maximum Gasteiger partial charge on any atom is 0.221 e. The fourth-order valence-electron chi connectivity index (χ4n) is 2.23. The van der Waals surface area contributed by atoms with Crippen molar-refractivity contribution >= 4 is 5.91 Å². The normalized spacial score (nSPS) is 13.7. The lowest BCUT2D eigenvalue weighted by atomic mass is 10.0. The second kappa shape index (κ2) is 9.56. The lowest BCUT2D eigenvalue weighted by Crippen LogP contribution is -2.35. The van der Waals surface area contributed by atoms with E-state index in [0.29, 0.717) is 12.5 Å². The summed E-state index contributed by atoms with van der Waals surface area (Å²) in [5.74, 6) is 0.141. The van der Waals surface area contributed by atoms with Crippen molar-refractivity contribution in [1.82, 2.24) is 10.6 Å². The van der Waals surface area contributed by atoms with E-state index in [4.69, 9.17) is 0 Å². The highest BCUT2D eigenvalue weighted by molar-refractivity contribution is 5.76. The number of hydrogen-bond donors (Lipinski definition) is 2. The van der Waals surface area contributed by atoms with Gasteiger partial charge in [0.15, 0.2) is 0 Å². The Hall–Kier alpha value is -1.35. The number of rotatable bonds is 9. The van der Waals surface area contributed by atoms with E-state index in [-0.39, 0.29) is 11.9 Å². The first kappa shape index (κ1) is 17.7. The Morgan fingerprint density at radius 2 is 2.00 bits per heavy atom. The zero-order valence-electron chi connectivity index (χ0n) is 13.9. The van der Waals surface area contributed by atoms with Gasteiger partial charge in [-0.05, 0) is 45.6 Å². The average Bonchev–Trinajstić information content (AvgIpc) is 2.45. The molecule has 1 rings (SSSR count). The van der Waals surface area contributed by atoms with E-state index in [1.807, 2.05) is 6.92 Å². The molecule has 0 aliphatic heterocycles. The van der Waals surface area contributed by atoms with Gasteiger partial charge in [-0.15, -0.1) is 0 Å². The Labute approximate surface area is 129 Å². The van der Waals surface area contributed by atoms with Crippen LogP contribution in [0.15, 0.2) is 24.3 Å². The second-order valence-corrected chi connectivity index (χ2v) is 6.01. The molecule has 1 aromatic rings. The van der Waals surface area contributed by atoms with Gasteiger partial charge in [0.05, 0.1) is 0 Å². The lowest BCUT2D eigenvalue weighted by Gasteiger charge is -2.15. The first-order valence-electron chi connectivity index (χ1n) is 8.09. The van der Waals surface area contributed by atoms with Crippen LogP contribution >= 0.6 is 0 Å². The number of nitrogens with one attached hydrogen (secondary N) is 2. The Bertz CT molecular complexity index is 431. The van der Waals surface area contributed by atoms with Crippen LogP contribution in [0.4, 0.5) is 0 Å². The summed E-state index contributed by atoms with van der Waals surface area (Å²) in [5.41, 5.74) is 2.70. The van der Waals surface area contributed by atoms with Crippen molar-refractivity contribution in [3.63, 3.8) is 0 Å². The maximum atomic E-state index is 11.7. The van der Waals surface area contributed by atoms with Crippen LogP contribution in [-0.2, 0) is 11.2 Å². The molecule has 0 aliphatic rings. The molecule has 2 unspecified atom stereocenters. The van der Waals surface area contributed by atoms with Gasteiger partial charge in [-0.2, -0.15) is 0 Å². The van der Waals surface area contributed by atoms with Crippen LogP contribution in [0.3, 0.4) is 0 Å². The van der Waals surface area contributed by atoms with Gasteiger partial charge in [-0.1, -0.05) is 36.8 Å². The molecule has 118 valence electrons. The zero-order chi connectivity index (χ0) is 15.7. The summed E-state index contributed by atoms with van der Waals surface area (Å²) in [5, 5.41) is 6.42. The van der Waals surface area contributed by atoms with Crippen molar-refractivity contribution in [2.75, 3.05) is 6.54 Å². The molecule has 0 fully saturated rings. The van der Waals surface area contributed by atoms with Crippen LogP contribution in [0.5, 0.6) is 0 Å². The van der Waals surface area contributed by atoms with Crippen molar-refractivity contribution in [2.24, 2.45) is 0 Å². The van der Waals surface area contributed by atoms with Gasteiger partial charge in [0, 0.05) is 25.0 Å². The molecule has 0 radical (unpaired) electrons. The molecule has 0 aromatic heterocycles. The number of aryl methyl sites for hydroxylation is 2. The minimum Gasteiger partial charge on any atom is -0.354 e. The molecule has 1 aromatic carbocycles. The average molecular weight is 290 g/mol. The van der Waals surface area contributed by atoms with Gasteiger partial charge in [0.25, 0.3) is 0 Å². The molecule has 0 bridgehead atoms. The molecule has 0 heterocycles. The van der Waals surface area contributed by atoms with E-state index in [1.165, 1.54) is 11.1 Å². The molecule has 0 saturated carbocycles. The smallest absolute Gasteiger partial charge is 0.221 e. The minimum atomic E-state index is 0.141. The van der Waals surface area contributed by atoms with E-state index in [1.54, 1.807) is 0 Å². The summed E-state index contributed by atoms with van der Waals surface area (Å²) >= 11 is 0. The van der Waals surface area contributed by atoms with Crippen LogP contribution in [0.2, 0.25) is 0 Å². The molecule has 0 spiro atoms. The molecule has 21 heavy (non-hydrogen) atoms. The van der Waals surface area contributed by atoms with Crippen LogP contribution < -0.4 is 10.6 Å². The molecular formula is C18H30N2O. The topological polar surface area (TPSA) is 41.1 Å². The minimum absolute atomic E-state index is 0.141. The predicted molar refractivity (Wildman–Crippen MR) is 89.5 cm³/mol. The summed E-state index contributed by atoms with van der Waals surface area (Å²) in [6.45, 7) is 9.17. The van der Waals surface area contributed by atoms with Crippen molar-refractivity contribution in [2.45, 2.75) is 65.5 Å². The first-order valence-corrected chi connectivity index (χ1v) is 8.09. The highest BCUT2D eigenvalue weighted by atomic mass is 16.1. The third kappa shape index (κ3) is 7.86. The molecule has 3 heteroatoms. The van der Waals surface area contributed by atoms with Gasteiger partial charge in [-0.25, -0.2) is 0 Å². The Kier molecular flexibility index (Phi) is 8.06. The number of carbonyl (C=O) groups is 1. The Morgan fingerprint density at radius 3 is 2.67 bits per heavy atom. The van der Waals surface area contributed by atoms with E-state index >= 15 is 0 Å². The lowest BCUT2D eigenvalue weighted by molar-refractivity contribution is -0.121. The van der Waals surface area contributed by atoms with Crippen LogP contribution in [0.25, 0.3) is 0 Å². The molecular weight excluding hydrogens is 260 g/mol. The van der Waals surface area contributed by atoms with E-state index in [0.717, 1.165) is 25.8 Å². The molecule has 2 atom stereocenters. The highest BCUT2D eigenvalue weighted by Gasteiger charge is 2.07. The predicted octanol–water partition coefficient (Wildman–Crippen LogP) is 3.21. The van der Waals surface area contributed by atoms with Crippen molar-refractivity contribution in [3.8, 4) is 0 Å². The molecule has 2 N–H and O–H groups in total. The monoisotopic (exact) mass is 290 g/mol. The van der Waals surface area contributed by atoms with Crippen molar-refractivity contribution in [3.05, 3.63) is 35.4 Å².